The van der Waals surface area contributed by atoms with Crippen LogP contribution in [0.4, 0.5) is 5.69 Å². The molecular weight excluding hydrogens is 258 g/mol. The van der Waals surface area contributed by atoms with Gasteiger partial charge in [0.25, 0.3) is 0 Å². The largest absolute Gasteiger partial charge is 0.389 e. The number of hydrogen-bond donors (Lipinski definition) is 2. The molecule has 0 bridgehead atoms. The van der Waals surface area contributed by atoms with Gasteiger partial charge in [-0.1, -0.05) is 19.1 Å². The third-order valence-electron chi connectivity index (χ3n) is 2.20. The fourth-order valence-corrected chi connectivity index (χ4v) is 2.35. The van der Waals surface area contributed by atoms with Gasteiger partial charge in [-0.3, -0.25) is 4.31 Å². The number of nitrogens with zero attached hydrogens (tertiary/aromatic N) is 1. The third kappa shape index (κ3) is 3.39. The smallest absolute Gasteiger partial charge is 0.301 e. The van der Waals surface area contributed by atoms with E-state index in [1.807, 2.05) is 0 Å². The zero-order valence-electron chi connectivity index (χ0n) is 9.67. The number of hydrogen-bond acceptors (Lipinski definition) is 3. The van der Waals surface area contributed by atoms with Crippen LogP contribution < -0.4 is 14.8 Å². The highest BCUT2D eigenvalue weighted by atomic mass is 32.2. The molecule has 5 nitrogen and oxygen atoms in total. The lowest BCUT2D eigenvalue weighted by Crippen LogP contribution is -2.38. The van der Waals surface area contributed by atoms with E-state index in [-0.39, 0.29) is 4.99 Å². The summed E-state index contributed by atoms with van der Waals surface area (Å²) in [6, 6.07) is 6.69. The molecule has 1 aromatic rings. The Morgan fingerprint density at radius 3 is 2.35 bits per heavy atom. The number of anilines is 1. The molecule has 0 spiro atoms. The van der Waals surface area contributed by atoms with E-state index in [4.69, 9.17) is 18.0 Å². The zero-order chi connectivity index (χ0) is 13.1. The monoisotopic (exact) mass is 273 g/mol. The van der Waals surface area contributed by atoms with Crippen LogP contribution in [0.15, 0.2) is 24.3 Å². The maximum absolute atomic E-state index is 11.7. The topological polar surface area (TPSA) is 75.4 Å². The molecule has 0 heterocycles. The van der Waals surface area contributed by atoms with Crippen molar-refractivity contribution in [3.8, 4) is 0 Å². The summed E-state index contributed by atoms with van der Waals surface area (Å²) in [7, 11) is -2.00. The summed E-state index contributed by atoms with van der Waals surface area (Å²) in [6.07, 6.45) is 0. The Balaban J connectivity index is 2.98. The lowest BCUT2D eigenvalue weighted by molar-refractivity contribution is 0.582. The number of benzene rings is 1. The Hall–Kier alpha value is -1.18. The molecule has 1 aromatic carbocycles. The van der Waals surface area contributed by atoms with Gasteiger partial charge in [-0.2, -0.15) is 13.1 Å². The van der Waals surface area contributed by atoms with Crippen LogP contribution in [0.25, 0.3) is 0 Å². The molecule has 0 aromatic heterocycles. The van der Waals surface area contributed by atoms with E-state index in [1.165, 1.54) is 11.4 Å². The van der Waals surface area contributed by atoms with Gasteiger partial charge >= 0.3 is 10.2 Å². The second-order valence-corrected chi connectivity index (χ2v) is 5.61. The van der Waals surface area contributed by atoms with Gasteiger partial charge in [0.2, 0.25) is 0 Å². The maximum atomic E-state index is 11.7. The summed E-state index contributed by atoms with van der Waals surface area (Å²) in [6.45, 7) is 2.07. The summed E-state index contributed by atoms with van der Waals surface area (Å²) in [5.41, 5.74) is 6.71. The molecule has 0 radical (unpaired) electrons. The van der Waals surface area contributed by atoms with Crippen LogP contribution in [-0.2, 0) is 10.2 Å². The average Bonchev–Trinajstić information content (AvgIpc) is 2.28. The molecule has 17 heavy (non-hydrogen) atoms. The minimum atomic E-state index is -3.48. The molecule has 3 N–H and O–H groups in total. The Morgan fingerprint density at radius 2 is 1.94 bits per heavy atom. The first-order valence-corrected chi connectivity index (χ1v) is 6.86. The summed E-state index contributed by atoms with van der Waals surface area (Å²) < 4.78 is 27.0. The van der Waals surface area contributed by atoms with Crippen molar-refractivity contribution in [3.63, 3.8) is 0 Å². The van der Waals surface area contributed by atoms with E-state index < -0.39 is 10.2 Å². The first-order chi connectivity index (χ1) is 7.88. The molecule has 0 aliphatic carbocycles. The van der Waals surface area contributed by atoms with Crippen LogP contribution in [0.5, 0.6) is 0 Å². The van der Waals surface area contributed by atoms with Gasteiger partial charge in [0, 0.05) is 19.2 Å². The summed E-state index contributed by atoms with van der Waals surface area (Å²) >= 11 is 4.82. The fraction of sp³-hybridized carbons (Fsp3) is 0.300. The van der Waals surface area contributed by atoms with Crippen LogP contribution in [-0.4, -0.2) is 27.0 Å². The second-order valence-electron chi connectivity index (χ2n) is 3.38. The lowest BCUT2D eigenvalue weighted by atomic mass is 10.2. The van der Waals surface area contributed by atoms with E-state index in [0.29, 0.717) is 17.8 Å². The number of rotatable bonds is 5. The summed E-state index contributed by atoms with van der Waals surface area (Å²) in [5, 5.41) is 0. The van der Waals surface area contributed by atoms with Crippen molar-refractivity contribution in [1.82, 2.24) is 4.72 Å². The number of nitrogens with one attached hydrogen (secondary N) is 1. The zero-order valence-corrected chi connectivity index (χ0v) is 11.3. The van der Waals surface area contributed by atoms with E-state index in [9.17, 15) is 8.42 Å². The van der Waals surface area contributed by atoms with Crippen molar-refractivity contribution in [2.75, 3.05) is 17.9 Å². The minimum absolute atomic E-state index is 0.286. The van der Waals surface area contributed by atoms with Crippen molar-refractivity contribution in [2.45, 2.75) is 6.92 Å². The molecule has 0 amide bonds. The number of thiocarbonyl (C=S) groups is 1. The van der Waals surface area contributed by atoms with Gasteiger partial charge in [0.1, 0.15) is 4.99 Å². The Bertz CT molecular complexity index is 497. The van der Waals surface area contributed by atoms with Crippen LogP contribution in [0.1, 0.15) is 12.5 Å². The molecule has 0 aliphatic heterocycles. The van der Waals surface area contributed by atoms with Gasteiger partial charge in [-0.15, -0.1) is 0 Å². The Labute approximate surface area is 107 Å². The quantitative estimate of drug-likeness (QED) is 0.771. The van der Waals surface area contributed by atoms with Crippen molar-refractivity contribution in [3.05, 3.63) is 29.8 Å². The normalized spacial score (nSPS) is 11.2. The van der Waals surface area contributed by atoms with Crippen molar-refractivity contribution in [1.29, 1.82) is 0 Å². The van der Waals surface area contributed by atoms with Gasteiger partial charge in [0.15, 0.2) is 0 Å². The highest BCUT2D eigenvalue weighted by molar-refractivity contribution is 7.90. The van der Waals surface area contributed by atoms with Gasteiger partial charge < -0.3 is 5.73 Å². The van der Waals surface area contributed by atoms with Crippen LogP contribution in [0.3, 0.4) is 0 Å². The summed E-state index contributed by atoms with van der Waals surface area (Å²) in [4.78, 5) is 0.286. The molecule has 0 fully saturated rings. The molecule has 0 saturated carbocycles. The molecular formula is C10H15N3O2S2. The fourth-order valence-electron chi connectivity index (χ4n) is 1.25. The van der Waals surface area contributed by atoms with Crippen molar-refractivity contribution < 1.29 is 8.42 Å². The molecule has 1 rings (SSSR count). The highest BCUT2D eigenvalue weighted by Gasteiger charge is 2.16. The predicted octanol–water partition coefficient (Wildman–Crippen LogP) is 0.611. The molecule has 0 unspecified atom stereocenters. The molecule has 7 heteroatoms. The number of nitrogens with two attached hydrogens (primary N) is 1. The summed E-state index contributed by atoms with van der Waals surface area (Å²) in [5.74, 6) is 0. The average molecular weight is 273 g/mol. The molecule has 0 atom stereocenters. The first-order valence-electron chi connectivity index (χ1n) is 5.02. The highest BCUT2D eigenvalue weighted by Crippen LogP contribution is 2.16. The Morgan fingerprint density at radius 1 is 1.41 bits per heavy atom. The Kier molecular flexibility index (Phi) is 4.44. The maximum Gasteiger partial charge on any atom is 0.301 e. The first kappa shape index (κ1) is 13.9. The minimum Gasteiger partial charge on any atom is -0.389 e. The molecule has 0 saturated heterocycles. The third-order valence-corrected chi connectivity index (χ3v) is 4.02. The molecule has 0 aliphatic rings. The van der Waals surface area contributed by atoms with E-state index >= 15 is 0 Å². The second kappa shape index (κ2) is 5.44. The van der Waals surface area contributed by atoms with Crippen LogP contribution >= 0.6 is 12.2 Å². The van der Waals surface area contributed by atoms with Gasteiger partial charge in [-0.05, 0) is 24.3 Å². The van der Waals surface area contributed by atoms with E-state index in [2.05, 4.69) is 4.72 Å². The van der Waals surface area contributed by atoms with Gasteiger partial charge in [0.05, 0.1) is 5.69 Å². The van der Waals surface area contributed by atoms with Crippen LogP contribution in [0.2, 0.25) is 0 Å². The van der Waals surface area contributed by atoms with Crippen molar-refractivity contribution in [2.24, 2.45) is 5.73 Å². The van der Waals surface area contributed by atoms with Gasteiger partial charge in [-0.25, -0.2) is 0 Å². The SMILES string of the molecule is CCNS(=O)(=O)N(C)c1ccc(C(N)=S)cc1. The van der Waals surface area contributed by atoms with Crippen LogP contribution in [0, 0.1) is 0 Å². The predicted molar refractivity (Wildman–Crippen MR) is 73.3 cm³/mol. The van der Waals surface area contributed by atoms with E-state index in [1.54, 1.807) is 31.2 Å². The van der Waals surface area contributed by atoms with E-state index in [0.717, 1.165) is 0 Å². The standard InChI is InChI=1S/C10H15N3O2S2/c1-3-12-17(14,15)13(2)9-6-4-8(5-7-9)10(11)16/h4-7,12H,3H2,1-2H3,(H2,11,16). The van der Waals surface area contributed by atoms with Crippen molar-refractivity contribution >= 4 is 33.1 Å². The lowest BCUT2D eigenvalue weighted by Gasteiger charge is -2.19. The molecule has 94 valence electrons.